The first kappa shape index (κ1) is 14.4. The van der Waals surface area contributed by atoms with E-state index in [-0.39, 0.29) is 17.5 Å². The fourth-order valence-corrected chi connectivity index (χ4v) is 1.81. The Morgan fingerprint density at radius 2 is 2.33 bits per heavy atom. The molecule has 0 saturated heterocycles. The summed E-state index contributed by atoms with van der Waals surface area (Å²) < 4.78 is 0. The third-order valence-electron chi connectivity index (χ3n) is 2.98. The Balaban J connectivity index is 2.40. The van der Waals surface area contributed by atoms with E-state index in [1.807, 2.05) is 0 Å². The molecule has 1 heterocycles. The number of carbonyl (C=O) groups excluding carboxylic acids is 1. The van der Waals surface area contributed by atoms with E-state index in [1.165, 1.54) is 12.3 Å². The maximum absolute atomic E-state index is 11.7. The van der Waals surface area contributed by atoms with E-state index < -0.39 is 0 Å². The Kier molecular flexibility index (Phi) is 6.14. The number of nitrogens with zero attached hydrogens (tertiary/aromatic N) is 1. The summed E-state index contributed by atoms with van der Waals surface area (Å²) in [5.41, 5.74) is 5.51. The lowest BCUT2D eigenvalue weighted by atomic mass is 9.96. The molecule has 0 radical (unpaired) electrons. The summed E-state index contributed by atoms with van der Waals surface area (Å²) in [7, 11) is 0. The number of hydrogen-bond acceptors (Lipinski definition) is 4. The highest BCUT2D eigenvalue weighted by Crippen LogP contribution is 2.19. The van der Waals surface area contributed by atoms with Gasteiger partial charge in [0, 0.05) is 12.6 Å². The van der Waals surface area contributed by atoms with Crippen LogP contribution in [0, 0.1) is 5.92 Å². The largest absolute Gasteiger partial charge is 0.504 e. The van der Waals surface area contributed by atoms with Gasteiger partial charge in [-0.3, -0.25) is 4.79 Å². The van der Waals surface area contributed by atoms with Crippen LogP contribution in [0.5, 0.6) is 5.75 Å². The van der Waals surface area contributed by atoms with Crippen molar-refractivity contribution >= 4 is 11.7 Å². The average Bonchev–Trinajstić information content (AvgIpc) is 2.37. The molecule has 1 amide bonds. The molecular weight excluding hydrogens is 230 g/mol. The van der Waals surface area contributed by atoms with Gasteiger partial charge in [-0.1, -0.05) is 13.3 Å². The average molecular weight is 251 g/mol. The molecule has 0 aliphatic heterocycles. The van der Waals surface area contributed by atoms with E-state index in [0.717, 1.165) is 19.3 Å². The number of aromatic nitrogens is 1. The van der Waals surface area contributed by atoms with Crippen LogP contribution in [0.1, 0.15) is 32.6 Å². The van der Waals surface area contributed by atoms with E-state index in [9.17, 15) is 9.90 Å². The Morgan fingerprint density at radius 3 is 2.94 bits per heavy atom. The molecule has 5 heteroatoms. The van der Waals surface area contributed by atoms with Crippen molar-refractivity contribution in [3.05, 3.63) is 18.3 Å². The maximum Gasteiger partial charge on any atom is 0.225 e. The van der Waals surface area contributed by atoms with Crippen molar-refractivity contribution in [1.82, 2.24) is 4.98 Å². The molecule has 1 atom stereocenters. The molecule has 1 unspecified atom stereocenters. The van der Waals surface area contributed by atoms with Crippen LogP contribution >= 0.6 is 0 Å². The summed E-state index contributed by atoms with van der Waals surface area (Å²) in [4.78, 5) is 15.6. The summed E-state index contributed by atoms with van der Waals surface area (Å²) in [5.74, 6) is 0.562. The summed E-state index contributed by atoms with van der Waals surface area (Å²) in [6, 6.07) is 3.10. The zero-order chi connectivity index (χ0) is 13.4. The molecule has 0 spiro atoms. The van der Waals surface area contributed by atoms with Gasteiger partial charge in [-0.25, -0.2) is 4.98 Å². The number of hydrogen-bond donors (Lipinski definition) is 3. The van der Waals surface area contributed by atoms with E-state index in [0.29, 0.717) is 18.9 Å². The molecule has 1 aromatic heterocycles. The van der Waals surface area contributed by atoms with Crippen molar-refractivity contribution in [3.8, 4) is 5.75 Å². The predicted octanol–water partition coefficient (Wildman–Crippen LogP) is 1.88. The minimum absolute atomic E-state index is 0.0140. The van der Waals surface area contributed by atoms with Crippen LogP contribution in [0.15, 0.2) is 18.3 Å². The van der Waals surface area contributed by atoms with Crippen molar-refractivity contribution in [2.75, 3.05) is 11.9 Å². The van der Waals surface area contributed by atoms with Crippen LogP contribution in [0.2, 0.25) is 0 Å². The first-order chi connectivity index (χ1) is 8.67. The van der Waals surface area contributed by atoms with Crippen LogP contribution in [0.3, 0.4) is 0 Å². The van der Waals surface area contributed by atoms with Crippen molar-refractivity contribution in [2.24, 2.45) is 11.7 Å². The molecule has 4 N–H and O–H groups in total. The second kappa shape index (κ2) is 7.66. The minimum Gasteiger partial charge on any atom is -0.504 e. The number of nitrogens with one attached hydrogen (secondary N) is 1. The van der Waals surface area contributed by atoms with Crippen LogP contribution in [0.4, 0.5) is 5.82 Å². The number of rotatable bonds is 7. The van der Waals surface area contributed by atoms with Gasteiger partial charge >= 0.3 is 0 Å². The number of amides is 1. The third-order valence-corrected chi connectivity index (χ3v) is 2.98. The summed E-state index contributed by atoms with van der Waals surface area (Å²) >= 11 is 0. The molecule has 0 bridgehead atoms. The predicted molar refractivity (Wildman–Crippen MR) is 71.2 cm³/mol. The quantitative estimate of drug-likeness (QED) is 0.690. The SMILES string of the molecule is CCC(CCN)CCC(=O)Nc1ncccc1O. The van der Waals surface area contributed by atoms with Crippen molar-refractivity contribution < 1.29 is 9.90 Å². The second-order valence-corrected chi connectivity index (χ2v) is 4.31. The van der Waals surface area contributed by atoms with Crippen LogP contribution in [-0.2, 0) is 4.79 Å². The highest BCUT2D eigenvalue weighted by Gasteiger charge is 2.11. The van der Waals surface area contributed by atoms with Gasteiger partial charge in [0.1, 0.15) is 0 Å². The number of anilines is 1. The van der Waals surface area contributed by atoms with Crippen molar-refractivity contribution in [3.63, 3.8) is 0 Å². The third kappa shape index (κ3) is 4.71. The zero-order valence-corrected chi connectivity index (χ0v) is 10.7. The first-order valence-electron chi connectivity index (χ1n) is 6.31. The molecule has 1 aromatic rings. The Labute approximate surface area is 107 Å². The van der Waals surface area contributed by atoms with Gasteiger partial charge in [0.05, 0.1) is 0 Å². The standard InChI is InChI=1S/C13H21N3O2/c1-2-10(7-8-14)5-6-12(18)16-13-11(17)4-3-9-15-13/h3-4,9-10,17H,2,5-8,14H2,1H3,(H,15,16,18). The summed E-state index contributed by atoms with van der Waals surface area (Å²) in [5, 5.41) is 12.1. The monoisotopic (exact) mass is 251 g/mol. The molecule has 0 aliphatic rings. The number of carbonyl (C=O) groups is 1. The van der Waals surface area contributed by atoms with E-state index >= 15 is 0 Å². The number of pyridine rings is 1. The van der Waals surface area contributed by atoms with E-state index in [2.05, 4.69) is 17.2 Å². The van der Waals surface area contributed by atoms with Crippen molar-refractivity contribution in [2.45, 2.75) is 32.6 Å². The summed E-state index contributed by atoms with van der Waals surface area (Å²) in [6.45, 7) is 2.75. The molecule has 0 saturated carbocycles. The van der Waals surface area contributed by atoms with Gasteiger partial charge in [-0.2, -0.15) is 0 Å². The highest BCUT2D eigenvalue weighted by molar-refractivity contribution is 5.90. The van der Waals surface area contributed by atoms with E-state index in [4.69, 9.17) is 5.73 Å². The molecule has 18 heavy (non-hydrogen) atoms. The Hall–Kier alpha value is -1.62. The van der Waals surface area contributed by atoms with Crippen LogP contribution in [0.25, 0.3) is 0 Å². The van der Waals surface area contributed by atoms with Gasteiger partial charge in [-0.05, 0) is 37.4 Å². The molecular formula is C13H21N3O2. The van der Waals surface area contributed by atoms with Gasteiger partial charge in [0.2, 0.25) is 5.91 Å². The van der Waals surface area contributed by atoms with Crippen LogP contribution in [-0.4, -0.2) is 22.5 Å². The summed E-state index contributed by atoms with van der Waals surface area (Å²) in [6.07, 6.45) is 4.73. The van der Waals surface area contributed by atoms with Gasteiger partial charge in [0.25, 0.3) is 0 Å². The fourth-order valence-electron chi connectivity index (χ4n) is 1.81. The molecule has 100 valence electrons. The lowest BCUT2D eigenvalue weighted by molar-refractivity contribution is -0.116. The van der Waals surface area contributed by atoms with Gasteiger partial charge < -0.3 is 16.2 Å². The topological polar surface area (TPSA) is 88.2 Å². The van der Waals surface area contributed by atoms with Gasteiger partial charge in [-0.15, -0.1) is 0 Å². The van der Waals surface area contributed by atoms with Gasteiger partial charge in [0.15, 0.2) is 11.6 Å². The molecule has 0 aliphatic carbocycles. The smallest absolute Gasteiger partial charge is 0.225 e. The highest BCUT2D eigenvalue weighted by atomic mass is 16.3. The maximum atomic E-state index is 11.7. The molecule has 1 rings (SSSR count). The fraction of sp³-hybridized carbons (Fsp3) is 0.538. The molecule has 5 nitrogen and oxygen atoms in total. The van der Waals surface area contributed by atoms with Crippen molar-refractivity contribution in [1.29, 1.82) is 0 Å². The molecule has 0 fully saturated rings. The lowest BCUT2D eigenvalue weighted by Crippen LogP contribution is -2.15. The Morgan fingerprint density at radius 1 is 1.56 bits per heavy atom. The minimum atomic E-state index is -0.125. The Bertz CT molecular complexity index is 382. The number of aromatic hydroxyl groups is 1. The van der Waals surface area contributed by atoms with Crippen LogP contribution < -0.4 is 11.1 Å². The first-order valence-corrected chi connectivity index (χ1v) is 6.31. The second-order valence-electron chi connectivity index (χ2n) is 4.31. The normalized spacial score (nSPS) is 12.1. The molecule has 0 aromatic carbocycles. The van der Waals surface area contributed by atoms with E-state index in [1.54, 1.807) is 6.07 Å². The lowest BCUT2D eigenvalue weighted by Gasteiger charge is -2.13. The number of nitrogens with two attached hydrogens (primary N) is 1. The zero-order valence-electron chi connectivity index (χ0n) is 10.7.